The van der Waals surface area contributed by atoms with Crippen molar-refractivity contribution in [3.8, 4) is 0 Å². The molecule has 4 aromatic rings. The second kappa shape index (κ2) is 17.7. The fourth-order valence-corrected chi connectivity index (χ4v) is 4.74. The zero-order valence-corrected chi connectivity index (χ0v) is 21.1. The summed E-state index contributed by atoms with van der Waals surface area (Å²) < 4.78 is 0. The molecule has 6 heteroatoms. The molecule has 0 heterocycles. The Bertz CT molecular complexity index is 690. The normalized spacial score (nSPS) is 9.07. The summed E-state index contributed by atoms with van der Waals surface area (Å²) in [6.07, 6.45) is 4.16. The average molecular weight is 526 g/mol. The summed E-state index contributed by atoms with van der Waals surface area (Å²) in [5, 5.41) is 0. The molecule has 4 aromatic carbocycles. The van der Waals surface area contributed by atoms with Crippen molar-refractivity contribution in [3.05, 3.63) is 97.1 Å². The molecular formula is C22H22Fe2S4-4. The first-order chi connectivity index (χ1) is 12.8. The number of hydrogen-bond acceptors (Lipinski definition) is 4. The Kier molecular flexibility index (Phi) is 17.6. The van der Waals surface area contributed by atoms with Gasteiger partial charge in [0.25, 0.3) is 0 Å². The second-order valence-corrected chi connectivity index (χ2v) is 9.09. The van der Waals surface area contributed by atoms with Gasteiger partial charge in [-0.3, -0.25) is 0 Å². The van der Waals surface area contributed by atoms with E-state index in [1.165, 1.54) is 19.6 Å². The van der Waals surface area contributed by atoms with E-state index in [-0.39, 0.29) is 34.1 Å². The van der Waals surface area contributed by atoms with E-state index in [9.17, 15) is 0 Å². The van der Waals surface area contributed by atoms with Crippen molar-refractivity contribution < 1.29 is 34.1 Å². The van der Waals surface area contributed by atoms with Crippen molar-refractivity contribution in [2.24, 2.45) is 0 Å². The maximum atomic E-state index is 2.13. The monoisotopic (exact) mass is 526 g/mol. The number of rotatable bonds is 5. The minimum Gasteiger partial charge on any atom is -0.213 e. The molecule has 0 unspecified atom stereocenters. The molecule has 28 heavy (non-hydrogen) atoms. The molecule has 0 fully saturated rings. The topological polar surface area (TPSA) is 0 Å². The van der Waals surface area contributed by atoms with Crippen molar-refractivity contribution >= 4 is 45.1 Å². The van der Waals surface area contributed by atoms with Crippen LogP contribution in [0.3, 0.4) is 0 Å². The molecular weight excluding hydrogens is 504 g/mol. The fourth-order valence-electron chi connectivity index (χ4n) is 1.90. The van der Waals surface area contributed by atoms with Crippen LogP contribution in [-0.4, -0.2) is 12.5 Å². The van der Waals surface area contributed by atoms with E-state index < -0.39 is 0 Å². The van der Waals surface area contributed by atoms with Crippen LogP contribution in [-0.2, 0) is 34.1 Å². The molecule has 4 rings (SSSR count). The van der Waals surface area contributed by atoms with E-state index in [0.29, 0.717) is 0 Å². The van der Waals surface area contributed by atoms with Crippen molar-refractivity contribution in [1.82, 2.24) is 0 Å². The smallest absolute Gasteiger partial charge is 0 e. The molecule has 0 nitrogen and oxygen atoms in total. The van der Waals surface area contributed by atoms with Gasteiger partial charge in [0, 0.05) is 34.1 Å². The van der Waals surface area contributed by atoms with Crippen LogP contribution in [0.4, 0.5) is 0 Å². The van der Waals surface area contributed by atoms with Gasteiger partial charge in [-0.05, 0) is 12.5 Å². The van der Waals surface area contributed by atoms with E-state index in [1.54, 1.807) is 45.1 Å². The minimum atomic E-state index is 0. The molecule has 0 bridgehead atoms. The standard InChI is InChI=1S/C10H8S2.2C6H7S.2Fe/c1-2-6-9(5-1)11-12-10-7-3-4-8-10;2*1-7-6-4-2-3-5-6;;/h1-8H;2*2-5H,1H3;;/q-2;2*-1;;. The summed E-state index contributed by atoms with van der Waals surface area (Å²) in [6.45, 7) is 0. The Balaban J connectivity index is 0.000000399. The van der Waals surface area contributed by atoms with E-state index in [2.05, 4.69) is 85.3 Å². The molecule has 0 spiro atoms. The van der Waals surface area contributed by atoms with E-state index >= 15 is 0 Å². The number of hydrogen-bond donors (Lipinski definition) is 0. The van der Waals surface area contributed by atoms with Crippen LogP contribution < -0.4 is 0 Å². The Morgan fingerprint density at radius 3 is 0.786 bits per heavy atom. The summed E-state index contributed by atoms with van der Waals surface area (Å²) in [6, 6.07) is 33.4. The van der Waals surface area contributed by atoms with Gasteiger partial charge in [0.15, 0.2) is 0 Å². The van der Waals surface area contributed by atoms with E-state index in [4.69, 9.17) is 0 Å². The van der Waals surface area contributed by atoms with Crippen molar-refractivity contribution in [2.45, 2.75) is 19.6 Å². The third kappa shape index (κ3) is 11.7. The van der Waals surface area contributed by atoms with Gasteiger partial charge >= 0.3 is 0 Å². The number of thioether (sulfide) groups is 2. The molecule has 0 amide bonds. The summed E-state index contributed by atoms with van der Waals surface area (Å²) in [5.41, 5.74) is 0. The Labute approximate surface area is 206 Å². The zero-order chi connectivity index (χ0) is 18.5. The third-order valence-corrected chi connectivity index (χ3v) is 7.14. The molecule has 0 atom stereocenters. The SMILES string of the molecule is CS[c-]1cccc1.CS[c-]1cccc1.[Fe].[Fe].c1cc[c-](SS[c-]2cccc2)c1. The first kappa shape index (κ1) is 27.8. The van der Waals surface area contributed by atoms with Crippen LogP contribution in [0.25, 0.3) is 0 Å². The summed E-state index contributed by atoms with van der Waals surface area (Å²) in [4.78, 5) is 5.34. The van der Waals surface area contributed by atoms with Crippen molar-refractivity contribution in [1.29, 1.82) is 0 Å². The molecule has 0 aliphatic rings. The molecule has 0 saturated carbocycles. The van der Waals surface area contributed by atoms with Gasteiger partial charge in [0.05, 0.1) is 0 Å². The van der Waals surface area contributed by atoms with Gasteiger partial charge in [-0.25, -0.2) is 48.5 Å². The van der Waals surface area contributed by atoms with Gasteiger partial charge in [0.2, 0.25) is 0 Å². The summed E-state index contributed by atoms with van der Waals surface area (Å²) in [5.74, 6) is 0. The van der Waals surface area contributed by atoms with E-state index in [0.717, 1.165) is 0 Å². The Hall–Kier alpha value is -0.161. The first-order valence-electron chi connectivity index (χ1n) is 8.11. The van der Waals surface area contributed by atoms with Crippen LogP contribution in [0.1, 0.15) is 0 Å². The Morgan fingerprint density at radius 2 is 0.607 bits per heavy atom. The van der Waals surface area contributed by atoms with Crippen molar-refractivity contribution in [3.63, 3.8) is 0 Å². The molecule has 0 aliphatic heterocycles. The fraction of sp³-hybridized carbons (Fsp3) is 0.0909. The van der Waals surface area contributed by atoms with Gasteiger partial charge in [0.1, 0.15) is 0 Å². The van der Waals surface area contributed by atoms with Gasteiger partial charge in [-0.15, -0.1) is 31.4 Å². The molecule has 0 radical (unpaired) electrons. The third-order valence-electron chi connectivity index (χ3n) is 3.23. The maximum Gasteiger partial charge on any atom is 0 e. The predicted octanol–water partition coefficient (Wildman–Crippen LogP) is 8.17. The van der Waals surface area contributed by atoms with Gasteiger partial charge in [-0.2, -0.15) is 72.1 Å². The second-order valence-electron chi connectivity index (χ2n) is 5.06. The van der Waals surface area contributed by atoms with Crippen LogP contribution in [0.15, 0.2) is 117 Å². The summed E-state index contributed by atoms with van der Waals surface area (Å²) in [7, 11) is 3.60. The van der Waals surface area contributed by atoms with Crippen LogP contribution in [0.5, 0.6) is 0 Å². The van der Waals surface area contributed by atoms with Gasteiger partial charge < -0.3 is 0 Å². The molecule has 0 N–H and O–H groups in total. The van der Waals surface area contributed by atoms with Gasteiger partial charge in [-0.1, -0.05) is 9.79 Å². The first-order valence-corrected chi connectivity index (χ1v) is 12.7. The quantitative estimate of drug-likeness (QED) is 0.111. The van der Waals surface area contributed by atoms with E-state index in [1.807, 2.05) is 24.3 Å². The molecule has 0 aromatic heterocycles. The molecule has 0 saturated heterocycles. The molecule has 154 valence electrons. The molecule has 0 aliphatic carbocycles. The van der Waals surface area contributed by atoms with Crippen LogP contribution in [0.2, 0.25) is 0 Å². The van der Waals surface area contributed by atoms with Crippen LogP contribution >= 0.6 is 45.1 Å². The largest absolute Gasteiger partial charge is 0.213 e. The Morgan fingerprint density at radius 1 is 0.393 bits per heavy atom. The minimum absolute atomic E-state index is 0. The van der Waals surface area contributed by atoms with Crippen LogP contribution in [0, 0.1) is 0 Å². The zero-order valence-electron chi connectivity index (χ0n) is 15.6. The summed E-state index contributed by atoms with van der Waals surface area (Å²) >= 11 is 3.55. The predicted molar refractivity (Wildman–Crippen MR) is 123 cm³/mol. The maximum absolute atomic E-state index is 2.13. The van der Waals surface area contributed by atoms with Crippen molar-refractivity contribution in [2.75, 3.05) is 12.5 Å². The average Bonchev–Trinajstić information content (AvgIpc) is 3.49.